The second-order valence-corrected chi connectivity index (χ2v) is 9.42. The number of hydrogen-bond donors (Lipinski definition) is 1. The van der Waals surface area contributed by atoms with Crippen LogP contribution in [0.4, 0.5) is 5.69 Å². The van der Waals surface area contributed by atoms with Gasteiger partial charge in [0.1, 0.15) is 11.5 Å². The van der Waals surface area contributed by atoms with Crippen LogP contribution in [-0.4, -0.2) is 29.6 Å². The Labute approximate surface area is 226 Å². The van der Waals surface area contributed by atoms with Crippen molar-refractivity contribution in [3.05, 3.63) is 88.4 Å². The molecule has 1 amide bonds. The number of ketones is 1. The maximum Gasteiger partial charge on any atom is 0.306 e. The number of rotatable bonds is 12. The van der Waals surface area contributed by atoms with Crippen molar-refractivity contribution in [1.29, 1.82) is 0 Å². The van der Waals surface area contributed by atoms with Crippen LogP contribution in [0.3, 0.4) is 0 Å². The van der Waals surface area contributed by atoms with E-state index < -0.39 is 12.1 Å². The molecule has 0 fully saturated rings. The van der Waals surface area contributed by atoms with E-state index in [4.69, 9.17) is 32.7 Å². The number of carbonyl (C=O) groups is 3. The standard InChI is InChI=1S/C29H29Cl2NO5/c1-19-6-13-25(18-20(19)2)36-24-14-11-23(12-15-24)32-27(33)4-3-5-28(34)37-26(16-17-30)29(35)21-7-9-22(31)10-8-21/h6-15,18,26H,3-5,16-17H2,1-2H3,(H,32,33). The average Bonchev–Trinajstić information content (AvgIpc) is 2.87. The predicted octanol–water partition coefficient (Wildman–Crippen LogP) is 7.28. The zero-order chi connectivity index (χ0) is 26.8. The molecule has 1 unspecified atom stereocenters. The first kappa shape index (κ1) is 28.2. The van der Waals surface area contributed by atoms with Gasteiger partial charge in [0.25, 0.3) is 0 Å². The molecule has 0 saturated heterocycles. The minimum absolute atomic E-state index is 0.00283. The predicted molar refractivity (Wildman–Crippen MR) is 146 cm³/mol. The third-order valence-corrected chi connectivity index (χ3v) is 6.17. The zero-order valence-corrected chi connectivity index (χ0v) is 22.3. The largest absolute Gasteiger partial charge is 0.457 e. The van der Waals surface area contributed by atoms with Crippen molar-refractivity contribution in [2.45, 2.75) is 45.6 Å². The normalized spacial score (nSPS) is 11.5. The van der Waals surface area contributed by atoms with Crippen molar-refractivity contribution < 1.29 is 23.9 Å². The van der Waals surface area contributed by atoms with Crippen LogP contribution in [0.2, 0.25) is 5.02 Å². The van der Waals surface area contributed by atoms with Crippen LogP contribution in [-0.2, 0) is 14.3 Å². The molecule has 3 aromatic rings. The van der Waals surface area contributed by atoms with E-state index in [1.54, 1.807) is 48.5 Å². The average molecular weight is 542 g/mol. The molecule has 0 aromatic heterocycles. The van der Waals surface area contributed by atoms with E-state index in [-0.39, 0.29) is 43.3 Å². The van der Waals surface area contributed by atoms with Crippen LogP contribution in [0.15, 0.2) is 66.7 Å². The quantitative estimate of drug-likeness (QED) is 0.148. The number of alkyl halides is 1. The van der Waals surface area contributed by atoms with E-state index >= 15 is 0 Å². The highest BCUT2D eigenvalue weighted by atomic mass is 35.5. The molecule has 0 bridgehead atoms. The van der Waals surface area contributed by atoms with Crippen LogP contribution in [0, 0.1) is 13.8 Å². The molecular formula is C29H29Cl2NO5. The maximum atomic E-state index is 12.7. The molecule has 0 aliphatic rings. The maximum absolute atomic E-state index is 12.7. The Morgan fingerprint density at radius 2 is 1.54 bits per heavy atom. The summed E-state index contributed by atoms with van der Waals surface area (Å²) in [7, 11) is 0. The summed E-state index contributed by atoms with van der Waals surface area (Å²) in [5, 5.41) is 3.30. The van der Waals surface area contributed by atoms with E-state index in [9.17, 15) is 14.4 Å². The highest BCUT2D eigenvalue weighted by Crippen LogP contribution is 2.25. The molecule has 0 radical (unpaired) electrons. The van der Waals surface area contributed by atoms with Crippen LogP contribution in [0.5, 0.6) is 11.5 Å². The number of esters is 1. The molecule has 194 valence electrons. The van der Waals surface area contributed by atoms with Crippen molar-refractivity contribution in [3.63, 3.8) is 0 Å². The molecule has 0 saturated carbocycles. The van der Waals surface area contributed by atoms with E-state index in [1.165, 1.54) is 5.56 Å². The van der Waals surface area contributed by atoms with Crippen molar-refractivity contribution in [1.82, 2.24) is 0 Å². The molecule has 1 atom stereocenters. The van der Waals surface area contributed by atoms with Gasteiger partial charge < -0.3 is 14.8 Å². The fourth-order valence-electron chi connectivity index (χ4n) is 3.50. The number of nitrogens with one attached hydrogen (secondary N) is 1. The summed E-state index contributed by atoms with van der Waals surface area (Å²) >= 11 is 11.7. The topological polar surface area (TPSA) is 81.7 Å². The number of ether oxygens (including phenoxy) is 2. The van der Waals surface area contributed by atoms with Crippen LogP contribution in [0.1, 0.15) is 47.2 Å². The minimum atomic E-state index is -0.982. The van der Waals surface area contributed by atoms with Gasteiger partial charge in [-0.2, -0.15) is 0 Å². The fourth-order valence-corrected chi connectivity index (χ4v) is 3.82. The van der Waals surface area contributed by atoms with Gasteiger partial charge in [0.15, 0.2) is 6.10 Å². The summed E-state index contributed by atoms with van der Waals surface area (Å²) in [6.07, 6.45) is -0.381. The fraction of sp³-hybridized carbons (Fsp3) is 0.276. The summed E-state index contributed by atoms with van der Waals surface area (Å²) in [6.45, 7) is 4.07. The highest BCUT2D eigenvalue weighted by Gasteiger charge is 2.23. The number of benzene rings is 3. The second kappa shape index (κ2) is 13.8. The molecule has 0 spiro atoms. The molecule has 37 heavy (non-hydrogen) atoms. The number of amides is 1. The minimum Gasteiger partial charge on any atom is -0.457 e. The first-order valence-electron chi connectivity index (χ1n) is 12.0. The SMILES string of the molecule is Cc1ccc(Oc2ccc(NC(=O)CCCC(=O)OC(CCCl)C(=O)c3ccc(Cl)cc3)cc2)cc1C. The van der Waals surface area contributed by atoms with Crippen LogP contribution in [0.25, 0.3) is 0 Å². The summed E-state index contributed by atoms with van der Waals surface area (Å²) < 4.78 is 11.2. The molecule has 1 N–H and O–H groups in total. The van der Waals surface area contributed by atoms with Crippen molar-refractivity contribution in [2.75, 3.05) is 11.2 Å². The third-order valence-electron chi connectivity index (χ3n) is 5.70. The number of aryl methyl sites for hydroxylation is 2. The van der Waals surface area contributed by atoms with Gasteiger partial charge in [-0.15, -0.1) is 11.6 Å². The van der Waals surface area contributed by atoms with E-state index in [0.717, 1.165) is 11.3 Å². The van der Waals surface area contributed by atoms with Gasteiger partial charge in [-0.1, -0.05) is 17.7 Å². The first-order chi connectivity index (χ1) is 17.7. The lowest BCUT2D eigenvalue weighted by Crippen LogP contribution is -2.28. The Hall–Kier alpha value is -3.35. The van der Waals surface area contributed by atoms with E-state index in [1.807, 2.05) is 32.0 Å². The van der Waals surface area contributed by atoms with Crippen molar-refractivity contribution in [2.24, 2.45) is 0 Å². The van der Waals surface area contributed by atoms with Gasteiger partial charge in [0, 0.05) is 41.4 Å². The number of hydrogen-bond acceptors (Lipinski definition) is 5. The second-order valence-electron chi connectivity index (χ2n) is 8.60. The van der Waals surface area contributed by atoms with E-state index in [0.29, 0.717) is 22.0 Å². The summed E-state index contributed by atoms with van der Waals surface area (Å²) in [5.41, 5.74) is 3.35. The molecular weight excluding hydrogens is 513 g/mol. The number of carbonyl (C=O) groups excluding carboxylic acids is 3. The van der Waals surface area contributed by atoms with Crippen LogP contribution < -0.4 is 10.1 Å². The van der Waals surface area contributed by atoms with Gasteiger partial charge >= 0.3 is 5.97 Å². The molecule has 0 aliphatic carbocycles. The highest BCUT2D eigenvalue weighted by molar-refractivity contribution is 6.30. The Bertz CT molecular complexity index is 1230. The van der Waals surface area contributed by atoms with Gasteiger partial charge in [0.2, 0.25) is 11.7 Å². The Morgan fingerprint density at radius 3 is 2.19 bits per heavy atom. The Morgan fingerprint density at radius 1 is 0.865 bits per heavy atom. The number of halogens is 2. The monoisotopic (exact) mass is 541 g/mol. The molecule has 3 rings (SSSR count). The van der Waals surface area contributed by atoms with Crippen molar-refractivity contribution in [3.8, 4) is 11.5 Å². The number of Topliss-reactive ketones (excluding diaryl/α,β-unsaturated/α-hetero) is 1. The first-order valence-corrected chi connectivity index (χ1v) is 12.9. The summed E-state index contributed by atoms with van der Waals surface area (Å²) in [4.78, 5) is 37.3. The molecule has 6 nitrogen and oxygen atoms in total. The summed E-state index contributed by atoms with van der Waals surface area (Å²) in [6, 6.07) is 19.3. The Balaban J connectivity index is 1.43. The third kappa shape index (κ3) is 8.92. The number of anilines is 1. The lowest BCUT2D eigenvalue weighted by Gasteiger charge is -2.16. The lowest BCUT2D eigenvalue weighted by atomic mass is 10.0. The zero-order valence-electron chi connectivity index (χ0n) is 20.8. The van der Waals surface area contributed by atoms with Gasteiger partial charge in [0.05, 0.1) is 0 Å². The molecule has 3 aromatic carbocycles. The Kier molecular flexibility index (Phi) is 10.5. The van der Waals surface area contributed by atoms with Crippen molar-refractivity contribution >= 4 is 46.5 Å². The van der Waals surface area contributed by atoms with E-state index in [2.05, 4.69) is 5.32 Å². The summed E-state index contributed by atoms with van der Waals surface area (Å²) in [5.74, 6) is 0.434. The lowest BCUT2D eigenvalue weighted by molar-refractivity contribution is -0.147. The smallest absolute Gasteiger partial charge is 0.306 e. The van der Waals surface area contributed by atoms with Gasteiger partial charge in [-0.3, -0.25) is 14.4 Å². The van der Waals surface area contributed by atoms with Gasteiger partial charge in [-0.25, -0.2) is 0 Å². The molecule has 0 heterocycles. The van der Waals surface area contributed by atoms with Crippen LogP contribution >= 0.6 is 23.2 Å². The molecule has 0 aliphatic heterocycles. The molecule has 8 heteroatoms. The van der Waals surface area contributed by atoms with Gasteiger partial charge in [-0.05, 0) is 92.1 Å².